The zero-order valence-corrected chi connectivity index (χ0v) is 10.1. The van der Waals surface area contributed by atoms with E-state index in [9.17, 15) is 15.2 Å². The highest BCUT2D eigenvalue weighted by Crippen LogP contribution is 2.53. The molecule has 2 rings (SSSR count). The second kappa shape index (κ2) is 3.24. The van der Waals surface area contributed by atoms with E-state index in [0.717, 1.165) is 0 Å². The first-order chi connectivity index (χ1) is 7.32. The predicted octanol–water partition coefficient (Wildman–Crippen LogP) is 2.57. The molecule has 1 aliphatic heterocycles. The quantitative estimate of drug-likeness (QED) is 0.635. The highest BCUT2D eigenvalue weighted by atomic mass is 79.9. The van der Waals surface area contributed by atoms with Gasteiger partial charge in [0.15, 0.2) is 5.75 Å². The lowest BCUT2D eigenvalue weighted by molar-refractivity contribution is -0.386. The average molecular weight is 290 g/mol. The standard InChI is InChI=1S/C9H8BrNO5/c1-9(2)15-7-4(10)3-5(11(13)14)6(12)8(7)16-9/h3,12H,1-2H3. The van der Waals surface area contributed by atoms with Crippen molar-refractivity contribution in [3.05, 3.63) is 20.7 Å². The Morgan fingerprint density at radius 2 is 2.00 bits per heavy atom. The number of nitrogens with zero attached hydrogens (tertiary/aromatic N) is 1. The Labute approximate surface area is 99.1 Å². The van der Waals surface area contributed by atoms with E-state index in [4.69, 9.17) is 9.47 Å². The van der Waals surface area contributed by atoms with Crippen molar-refractivity contribution in [2.45, 2.75) is 19.6 Å². The Morgan fingerprint density at radius 1 is 1.44 bits per heavy atom. The van der Waals surface area contributed by atoms with E-state index in [1.165, 1.54) is 6.07 Å². The summed E-state index contributed by atoms with van der Waals surface area (Å²) in [5.41, 5.74) is -0.424. The Morgan fingerprint density at radius 3 is 2.56 bits per heavy atom. The molecule has 0 fully saturated rings. The zero-order chi connectivity index (χ0) is 12.1. The molecule has 0 spiro atoms. The summed E-state index contributed by atoms with van der Waals surface area (Å²) in [7, 11) is 0. The van der Waals surface area contributed by atoms with Gasteiger partial charge >= 0.3 is 5.69 Å². The number of nitro benzene ring substituents is 1. The molecule has 0 saturated carbocycles. The van der Waals surface area contributed by atoms with Crippen molar-refractivity contribution in [1.29, 1.82) is 0 Å². The number of rotatable bonds is 1. The molecule has 1 aromatic carbocycles. The largest absolute Gasteiger partial charge is 0.499 e. The number of fused-ring (bicyclic) bond motifs is 1. The lowest BCUT2D eigenvalue weighted by Crippen LogP contribution is -2.29. The summed E-state index contributed by atoms with van der Waals surface area (Å²) >= 11 is 3.13. The molecule has 1 aromatic rings. The fourth-order valence-electron chi connectivity index (χ4n) is 1.43. The maximum absolute atomic E-state index is 10.7. The molecule has 1 N–H and O–H groups in total. The number of ether oxygens (including phenoxy) is 2. The molecule has 0 atom stereocenters. The van der Waals surface area contributed by atoms with Crippen LogP contribution in [0.15, 0.2) is 10.5 Å². The van der Waals surface area contributed by atoms with Crippen molar-refractivity contribution in [3.63, 3.8) is 0 Å². The highest BCUT2D eigenvalue weighted by molar-refractivity contribution is 9.10. The number of phenols is 1. The number of hydrogen-bond acceptors (Lipinski definition) is 5. The number of hydrogen-bond donors (Lipinski definition) is 1. The van der Waals surface area contributed by atoms with Gasteiger partial charge in [0.05, 0.1) is 9.40 Å². The van der Waals surface area contributed by atoms with E-state index >= 15 is 0 Å². The Bertz CT molecular complexity index is 485. The van der Waals surface area contributed by atoms with Crippen LogP contribution in [0.5, 0.6) is 17.2 Å². The molecular weight excluding hydrogens is 282 g/mol. The van der Waals surface area contributed by atoms with Crippen LogP contribution in [0.25, 0.3) is 0 Å². The van der Waals surface area contributed by atoms with Gasteiger partial charge in [-0.2, -0.15) is 0 Å². The van der Waals surface area contributed by atoms with Crippen molar-refractivity contribution >= 4 is 21.6 Å². The Balaban J connectivity index is 2.64. The van der Waals surface area contributed by atoms with E-state index in [-0.39, 0.29) is 11.5 Å². The van der Waals surface area contributed by atoms with Crippen molar-refractivity contribution in [2.75, 3.05) is 0 Å². The lowest BCUT2D eigenvalue weighted by Gasteiger charge is -2.16. The van der Waals surface area contributed by atoms with Crippen molar-refractivity contribution in [1.82, 2.24) is 0 Å². The van der Waals surface area contributed by atoms with E-state index < -0.39 is 22.1 Å². The van der Waals surface area contributed by atoms with Crippen molar-refractivity contribution in [3.8, 4) is 17.2 Å². The fraction of sp³-hybridized carbons (Fsp3) is 0.333. The molecule has 1 heterocycles. The Hall–Kier alpha value is -1.50. The molecule has 0 aromatic heterocycles. The average Bonchev–Trinajstić information content (AvgIpc) is 2.48. The first kappa shape index (κ1) is 11.0. The molecule has 16 heavy (non-hydrogen) atoms. The fourth-order valence-corrected chi connectivity index (χ4v) is 1.91. The van der Waals surface area contributed by atoms with Crippen LogP contribution in [-0.2, 0) is 0 Å². The second-order valence-corrected chi connectivity index (χ2v) is 4.60. The van der Waals surface area contributed by atoms with Gasteiger partial charge in [-0.1, -0.05) is 0 Å². The van der Waals surface area contributed by atoms with Crippen LogP contribution >= 0.6 is 15.9 Å². The first-order valence-electron chi connectivity index (χ1n) is 4.40. The maximum Gasteiger partial charge on any atom is 0.316 e. The van der Waals surface area contributed by atoms with Gasteiger partial charge in [-0.3, -0.25) is 10.1 Å². The minimum absolute atomic E-state index is 0.00826. The highest BCUT2D eigenvalue weighted by Gasteiger charge is 2.39. The van der Waals surface area contributed by atoms with Gasteiger partial charge in [0, 0.05) is 19.9 Å². The summed E-state index contributed by atoms with van der Waals surface area (Å²) in [6.07, 6.45) is 0. The lowest BCUT2D eigenvalue weighted by atomic mass is 10.2. The molecule has 0 unspecified atom stereocenters. The summed E-state index contributed by atoms with van der Waals surface area (Å²) in [5.74, 6) is -1.20. The number of phenolic OH excluding ortho intramolecular Hbond substituents is 1. The molecular formula is C9H8BrNO5. The molecule has 6 nitrogen and oxygen atoms in total. The third-order valence-electron chi connectivity index (χ3n) is 2.04. The molecule has 0 amide bonds. The molecule has 0 aliphatic carbocycles. The molecule has 0 saturated heterocycles. The number of nitro groups is 1. The topological polar surface area (TPSA) is 81.8 Å². The van der Waals surface area contributed by atoms with E-state index in [1.54, 1.807) is 13.8 Å². The minimum Gasteiger partial charge on any atom is -0.499 e. The van der Waals surface area contributed by atoms with Crippen LogP contribution in [0, 0.1) is 10.1 Å². The van der Waals surface area contributed by atoms with Crippen LogP contribution < -0.4 is 9.47 Å². The van der Waals surface area contributed by atoms with Gasteiger partial charge in [-0.15, -0.1) is 0 Å². The molecule has 0 radical (unpaired) electrons. The smallest absolute Gasteiger partial charge is 0.316 e. The van der Waals surface area contributed by atoms with Crippen molar-refractivity contribution < 1.29 is 19.5 Å². The molecule has 0 bridgehead atoms. The minimum atomic E-state index is -0.947. The third kappa shape index (κ3) is 1.57. The normalized spacial score (nSPS) is 16.2. The summed E-state index contributed by atoms with van der Waals surface area (Å²) in [6.45, 7) is 3.29. The number of benzene rings is 1. The van der Waals surface area contributed by atoms with Gasteiger partial charge in [0.2, 0.25) is 17.3 Å². The predicted molar refractivity (Wildman–Crippen MR) is 57.8 cm³/mol. The summed E-state index contributed by atoms with van der Waals surface area (Å²) in [6, 6.07) is 1.18. The summed E-state index contributed by atoms with van der Waals surface area (Å²) in [5, 5.41) is 20.3. The number of halogens is 1. The summed E-state index contributed by atoms with van der Waals surface area (Å²) < 4.78 is 11.1. The second-order valence-electron chi connectivity index (χ2n) is 3.75. The molecule has 1 aliphatic rings. The number of aromatic hydroxyl groups is 1. The first-order valence-corrected chi connectivity index (χ1v) is 5.19. The Kier molecular flexibility index (Phi) is 2.23. The van der Waals surface area contributed by atoms with Crippen LogP contribution in [-0.4, -0.2) is 15.8 Å². The van der Waals surface area contributed by atoms with Crippen LogP contribution in [0.4, 0.5) is 5.69 Å². The monoisotopic (exact) mass is 289 g/mol. The van der Waals surface area contributed by atoms with Gasteiger partial charge in [-0.25, -0.2) is 0 Å². The van der Waals surface area contributed by atoms with Crippen LogP contribution in [0.1, 0.15) is 13.8 Å². The maximum atomic E-state index is 10.7. The van der Waals surface area contributed by atoms with E-state index in [0.29, 0.717) is 4.47 Å². The summed E-state index contributed by atoms with van der Waals surface area (Å²) in [4.78, 5) is 9.98. The van der Waals surface area contributed by atoms with Gasteiger partial charge < -0.3 is 14.6 Å². The van der Waals surface area contributed by atoms with Gasteiger partial charge in [-0.05, 0) is 15.9 Å². The van der Waals surface area contributed by atoms with E-state index in [2.05, 4.69) is 15.9 Å². The van der Waals surface area contributed by atoms with Gasteiger partial charge in [0.25, 0.3) is 0 Å². The van der Waals surface area contributed by atoms with Gasteiger partial charge in [0.1, 0.15) is 0 Å². The van der Waals surface area contributed by atoms with Crippen LogP contribution in [0.3, 0.4) is 0 Å². The molecule has 7 heteroatoms. The molecule has 86 valence electrons. The van der Waals surface area contributed by atoms with Crippen molar-refractivity contribution in [2.24, 2.45) is 0 Å². The van der Waals surface area contributed by atoms with Crippen LogP contribution in [0.2, 0.25) is 0 Å². The third-order valence-corrected chi connectivity index (χ3v) is 2.63. The SMILES string of the molecule is CC1(C)Oc2c(Br)cc([N+](=O)[O-])c(O)c2O1. The van der Waals surface area contributed by atoms with E-state index in [1.807, 2.05) is 0 Å². The zero-order valence-electron chi connectivity index (χ0n) is 8.48.